The number of carbonyl (C=O) groups excluding carboxylic acids is 2. The number of nitrogens with one attached hydrogen (secondary N) is 3. The lowest BCUT2D eigenvalue weighted by molar-refractivity contribution is -0.118. The van der Waals surface area contributed by atoms with Crippen LogP contribution in [0.5, 0.6) is 0 Å². The van der Waals surface area contributed by atoms with Crippen LogP contribution < -0.4 is 16.2 Å². The Morgan fingerprint density at radius 3 is 2.46 bits per heavy atom. The van der Waals surface area contributed by atoms with Crippen molar-refractivity contribution in [3.8, 4) is 0 Å². The molecule has 188 valence electrons. The highest BCUT2D eigenvalue weighted by Gasteiger charge is 2.23. The highest BCUT2D eigenvalue weighted by Crippen LogP contribution is 2.32. The molecule has 3 aromatic rings. The summed E-state index contributed by atoms with van der Waals surface area (Å²) in [5.74, 6) is -0.578. The zero-order valence-electron chi connectivity index (χ0n) is 20.9. The number of aromatic amines is 1. The van der Waals surface area contributed by atoms with Crippen LogP contribution in [0.1, 0.15) is 65.6 Å². The van der Waals surface area contributed by atoms with Crippen molar-refractivity contribution in [3.05, 3.63) is 62.7 Å². The number of pyridine rings is 1. The Kier molecular flexibility index (Phi) is 9.08. The molecule has 3 N–H and O–H groups in total. The highest BCUT2D eigenvalue weighted by atomic mass is 35.5. The van der Waals surface area contributed by atoms with Crippen molar-refractivity contribution < 1.29 is 9.59 Å². The van der Waals surface area contributed by atoms with Gasteiger partial charge >= 0.3 is 0 Å². The third-order valence-electron chi connectivity index (χ3n) is 6.33. The van der Waals surface area contributed by atoms with Crippen LogP contribution in [0, 0.1) is 13.8 Å². The number of halogens is 1. The van der Waals surface area contributed by atoms with Crippen LogP contribution in [-0.2, 0) is 17.9 Å². The lowest BCUT2D eigenvalue weighted by atomic mass is 10.1. The Morgan fingerprint density at radius 2 is 1.83 bits per heavy atom. The zero-order valence-corrected chi connectivity index (χ0v) is 22.5. The number of alkyl halides is 1. The summed E-state index contributed by atoms with van der Waals surface area (Å²) in [6, 6.07) is 8.10. The molecule has 3 rings (SSSR count). The molecule has 35 heavy (non-hydrogen) atoms. The summed E-state index contributed by atoms with van der Waals surface area (Å²) in [4.78, 5) is 41.4. The summed E-state index contributed by atoms with van der Waals surface area (Å²) in [7, 11) is 0. The van der Waals surface area contributed by atoms with Crippen molar-refractivity contribution in [1.29, 1.82) is 0 Å². The molecule has 2 heterocycles. The molecule has 2 amide bonds. The molecular formula is C26H33ClN4O3S. The molecule has 0 atom stereocenters. The van der Waals surface area contributed by atoms with Gasteiger partial charge in [-0.25, -0.2) is 0 Å². The van der Waals surface area contributed by atoms with Gasteiger partial charge in [0.2, 0.25) is 5.91 Å². The summed E-state index contributed by atoms with van der Waals surface area (Å²) in [5.41, 5.74) is 4.47. The van der Waals surface area contributed by atoms with Gasteiger partial charge < -0.3 is 20.2 Å². The van der Waals surface area contributed by atoms with Crippen molar-refractivity contribution in [2.45, 2.75) is 64.6 Å². The minimum atomic E-state index is -0.247. The van der Waals surface area contributed by atoms with E-state index in [1.165, 1.54) is 11.8 Å². The number of nitrogens with zero attached hydrogens (tertiary/aromatic N) is 1. The van der Waals surface area contributed by atoms with Gasteiger partial charge in [-0.2, -0.15) is 0 Å². The van der Waals surface area contributed by atoms with Gasteiger partial charge in [-0.05, 0) is 56.7 Å². The second kappa shape index (κ2) is 11.8. The maximum absolute atomic E-state index is 13.5. The first-order valence-electron chi connectivity index (χ1n) is 11.8. The average molecular weight is 517 g/mol. The monoisotopic (exact) mass is 516 g/mol. The Morgan fingerprint density at radius 1 is 1.11 bits per heavy atom. The molecule has 0 aliphatic rings. The number of thioether (sulfide) groups is 1. The third kappa shape index (κ3) is 5.76. The maximum atomic E-state index is 13.5. The lowest BCUT2D eigenvalue weighted by Crippen LogP contribution is -2.28. The van der Waals surface area contributed by atoms with Gasteiger partial charge in [0, 0.05) is 51.9 Å². The van der Waals surface area contributed by atoms with Crippen LogP contribution in [0.4, 0.5) is 0 Å². The number of rotatable bonds is 10. The summed E-state index contributed by atoms with van der Waals surface area (Å²) < 4.78 is 2.23. The van der Waals surface area contributed by atoms with Gasteiger partial charge in [0.25, 0.3) is 11.5 Å². The van der Waals surface area contributed by atoms with Gasteiger partial charge in [0.05, 0.1) is 5.56 Å². The number of hydrogen-bond acceptors (Lipinski definition) is 4. The molecule has 0 saturated heterocycles. The van der Waals surface area contributed by atoms with Crippen molar-refractivity contribution in [2.24, 2.45) is 0 Å². The molecule has 0 unspecified atom stereocenters. The van der Waals surface area contributed by atoms with E-state index in [9.17, 15) is 14.4 Å². The van der Waals surface area contributed by atoms with E-state index in [1.54, 1.807) is 0 Å². The first kappa shape index (κ1) is 26.9. The molecule has 0 aliphatic heterocycles. The fourth-order valence-electron chi connectivity index (χ4n) is 4.55. The molecule has 0 bridgehead atoms. The largest absolute Gasteiger partial charge is 0.351 e. The lowest BCUT2D eigenvalue weighted by Gasteiger charge is -2.19. The van der Waals surface area contributed by atoms with Gasteiger partial charge in [0.1, 0.15) is 5.88 Å². The Labute approximate surface area is 215 Å². The number of aryl methyl sites for hydroxylation is 1. The fraction of sp³-hybridized carbons (Fsp3) is 0.423. The summed E-state index contributed by atoms with van der Waals surface area (Å²) in [6.45, 7) is 8.55. The standard InChI is InChI=1S/C26H33ClN4O3S/c1-6-18(7-2)31-16(4)24(19-11-17(8-9-21(19)31)13-28-23(32)12-27)26(34)29-14-20-22(35-5)10-15(3)30-25(20)33/h8-11,18H,6-7,12-14H2,1-5H3,(H,28,32)(H,29,34)(H,30,33). The molecular weight excluding hydrogens is 484 g/mol. The Bertz CT molecular complexity index is 1290. The SMILES string of the molecule is CCC(CC)n1c(C)c(C(=O)NCc2c(SC)cc(C)[nH]c2=O)c2cc(CNC(=O)CCl)ccc21. The molecule has 9 heteroatoms. The first-order chi connectivity index (χ1) is 16.7. The number of amides is 2. The van der Waals surface area contributed by atoms with Crippen molar-refractivity contribution in [1.82, 2.24) is 20.2 Å². The molecule has 0 radical (unpaired) electrons. The van der Waals surface area contributed by atoms with Gasteiger partial charge in [-0.3, -0.25) is 14.4 Å². The predicted molar refractivity (Wildman–Crippen MR) is 144 cm³/mol. The summed E-state index contributed by atoms with van der Waals surface area (Å²) in [6.07, 6.45) is 3.79. The topological polar surface area (TPSA) is 96.0 Å². The van der Waals surface area contributed by atoms with Crippen LogP contribution in [-0.4, -0.2) is 33.5 Å². The number of benzene rings is 1. The fourth-order valence-corrected chi connectivity index (χ4v) is 5.35. The average Bonchev–Trinajstić information content (AvgIpc) is 3.13. The number of fused-ring (bicyclic) bond motifs is 1. The smallest absolute Gasteiger partial charge is 0.254 e. The van der Waals surface area contributed by atoms with E-state index in [0.29, 0.717) is 17.7 Å². The van der Waals surface area contributed by atoms with Crippen LogP contribution in [0.3, 0.4) is 0 Å². The van der Waals surface area contributed by atoms with Gasteiger partial charge in [-0.1, -0.05) is 19.9 Å². The Hall–Kier alpha value is -2.71. The minimum Gasteiger partial charge on any atom is -0.351 e. The van der Waals surface area contributed by atoms with E-state index in [-0.39, 0.29) is 35.8 Å². The second-order valence-electron chi connectivity index (χ2n) is 8.57. The summed E-state index contributed by atoms with van der Waals surface area (Å²) in [5, 5.41) is 6.58. The number of hydrogen-bond donors (Lipinski definition) is 3. The third-order valence-corrected chi connectivity index (χ3v) is 7.38. The molecule has 0 aliphatic carbocycles. The van der Waals surface area contributed by atoms with Gasteiger partial charge in [-0.15, -0.1) is 23.4 Å². The second-order valence-corrected chi connectivity index (χ2v) is 9.69. The van der Waals surface area contributed by atoms with Gasteiger partial charge in [0.15, 0.2) is 0 Å². The van der Waals surface area contributed by atoms with Crippen molar-refractivity contribution in [3.63, 3.8) is 0 Å². The molecule has 7 nitrogen and oxygen atoms in total. The molecule has 0 saturated carbocycles. The molecule has 2 aromatic heterocycles. The van der Waals surface area contributed by atoms with Crippen LogP contribution in [0.15, 0.2) is 34.0 Å². The normalized spacial score (nSPS) is 11.3. The van der Waals surface area contributed by atoms with E-state index < -0.39 is 0 Å². The maximum Gasteiger partial charge on any atom is 0.254 e. The van der Waals surface area contributed by atoms with E-state index >= 15 is 0 Å². The van der Waals surface area contributed by atoms with Crippen LogP contribution >= 0.6 is 23.4 Å². The minimum absolute atomic E-state index is 0.101. The quantitative estimate of drug-likeness (QED) is 0.266. The van der Waals surface area contributed by atoms with Crippen LogP contribution in [0.25, 0.3) is 10.9 Å². The summed E-state index contributed by atoms with van der Waals surface area (Å²) >= 11 is 7.09. The van der Waals surface area contributed by atoms with E-state index in [0.717, 1.165) is 45.6 Å². The highest BCUT2D eigenvalue weighted by molar-refractivity contribution is 7.98. The van der Waals surface area contributed by atoms with E-state index in [2.05, 4.69) is 34.0 Å². The van der Waals surface area contributed by atoms with Crippen molar-refractivity contribution in [2.75, 3.05) is 12.1 Å². The molecule has 0 spiro atoms. The van der Waals surface area contributed by atoms with Crippen molar-refractivity contribution >= 4 is 46.1 Å². The van der Waals surface area contributed by atoms with E-state index in [4.69, 9.17) is 11.6 Å². The Balaban J connectivity index is 2.03. The molecule has 1 aromatic carbocycles. The number of aromatic nitrogens is 2. The predicted octanol–water partition coefficient (Wildman–Crippen LogP) is 4.81. The first-order valence-corrected chi connectivity index (χ1v) is 13.5. The van der Waals surface area contributed by atoms with Crippen LogP contribution in [0.2, 0.25) is 0 Å². The number of H-pyrrole nitrogens is 1. The zero-order chi connectivity index (χ0) is 25.7. The number of carbonyl (C=O) groups is 2. The van der Waals surface area contributed by atoms with E-state index in [1.807, 2.05) is 44.4 Å². The molecule has 0 fully saturated rings.